The monoisotopic (exact) mass is 589 g/mol. The lowest BCUT2D eigenvalue weighted by Gasteiger charge is -2.31. The number of methoxy groups -OCH3 is 1. The van der Waals surface area contributed by atoms with Crippen molar-refractivity contribution >= 4 is 28.2 Å². The van der Waals surface area contributed by atoms with E-state index in [1.54, 1.807) is 31.4 Å². The zero-order valence-electron chi connectivity index (χ0n) is 23.1. The van der Waals surface area contributed by atoms with E-state index in [0.717, 1.165) is 52.9 Å². The molecule has 1 atom stereocenters. The summed E-state index contributed by atoms with van der Waals surface area (Å²) >= 11 is 1.48. The molecule has 1 fully saturated rings. The number of hydrogen-bond donors (Lipinski definition) is 2. The van der Waals surface area contributed by atoms with Crippen molar-refractivity contribution in [2.45, 2.75) is 42.8 Å². The van der Waals surface area contributed by atoms with Crippen molar-refractivity contribution in [3.8, 4) is 11.5 Å². The van der Waals surface area contributed by atoms with Crippen LogP contribution in [0.1, 0.15) is 39.2 Å². The predicted molar refractivity (Wildman–Crippen MR) is 164 cm³/mol. The Kier molecular flexibility index (Phi) is 10.2. The van der Waals surface area contributed by atoms with Crippen LogP contribution in [0.15, 0.2) is 95.2 Å². The van der Waals surface area contributed by atoms with Gasteiger partial charge in [0.2, 0.25) is 0 Å². The summed E-state index contributed by atoms with van der Waals surface area (Å²) < 4.78 is 27.2. The smallest absolute Gasteiger partial charge is 0.251 e. The van der Waals surface area contributed by atoms with Crippen LogP contribution >= 0.6 is 11.3 Å². The second kappa shape index (κ2) is 14.4. The van der Waals surface area contributed by atoms with E-state index in [2.05, 4.69) is 34.9 Å². The van der Waals surface area contributed by atoms with Crippen LogP contribution in [0.3, 0.4) is 0 Å². The Morgan fingerprint density at radius 2 is 1.68 bits per heavy atom. The number of piperidine rings is 1. The fourth-order valence-corrected chi connectivity index (χ4v) is 7.22. The second-order valence-corrected chi connectivity index (χ2v) is 12.8. The van der Waals surface area contributed by atoms with Crippen molar-refractivity contribution in [2.24, 2.45) is 0 Å². The van der Waals surface area contributed by atoms with Gasteiger partial charge in [-0.3, -0.25) is 4.79 Å². The highest BCUT2D eigenvalue weighted by Crippen LogP contribution is 2.25. The van der Waals surface area contributed by atoms with E-state index in [1.807, 2.05) is 46.8 Å². The van der Waals surface area contributed by atoms with Crippen LogP contribution in [0.5, 0.6) is 11.5 Å². The molecule has 1 unspecified atom stereocenters. The molecule has 0 radical (unpaired) electrons. The molecule has 0 aliphatic carbocycles. The molecule has 5 rings (SSSR count). The van der Waals surface area contributed by atoms with Crippen molar-refractivity contribution in [3.05, 3.63) is 113 Å². The highest BCUT2D eigenvalue weighted by Gasteiger charge is 2.24. The van der Waals surface area contributed by atoms with Gasteiger partial charge in [-0.15, -0.1) is 11.3 Å². The van der Waals surface area contributed by atoms with E-state index in [1.165, 1.54) is 16.9 Å². The summed E-state index contributed by atoms with van der Waals surface area (Å²) in [5.74, 6) is 1.34. The quantitative estimate of drug-likeness (QED) is 0.227. The summed E-state index contributed by atoms with van der Waals surface area (Å²) in [6, 6.07) is 29.7. The van der Waals surface area contributed by atoms with E-state index in [4.69, 9.17) is 9.47 Å². The maximum absolute atomic E-state index is 13.2. The van der Waals surface area contributed by atoms with Gasteiger partial charge >= 0.3 is 0 Å². The fraction of sp³-hybridized carbons (Fsp3) is 0.281. The van der Waals surface area contributed by atoms with E-state index in [9.17, 15) is 9.00 Å². The molecule has 1 saturated heterocycles. The molecule has 1 aliphatic heterocycles. The largest absolute Gasteiger partial charge is 0.497 e. The van der Waals surface area contributed by atoms with Crippen molar-refractivity contribution in [1.82, 2.24) is 14.9 Å². The molecule has 2 N–H and O–H groups in total. The van der Waals surface area contributed by atoms with Crippen LogP contribution in [0.4, 0.5) is 0 Å². The average Bonchev–Trinajstić information content (AvgIpc) is 3.51. The minimum atomic E-state index is -1.20. The van der Waals surface area contributed by atoms with Crippen molar-refractivity contribution < 1.29 is 18.5 Å². The molecule has 2 heterocycles. The van der Waals surface area contributed by atoms with Gasteiger partial charge in [-0.25, -0.2) is 8.51 Å². The Labute approximate surface area is 248 Å². The summed E-state index contributed by atoms with van der Waals surface area (Å²) in [7, 11) is 0.380. The molecule has 4 aromatic rings. The highest BCUT2D eigenvalue weighted by atomic mass is 32.2. The van der Waals surface area contributed by atoms with Crippen molar-refractivity contribution in [2.75, 3.05) is 20.2 Å². The molecule has 41 heavy (non-hydrogen) atoms. The molecule has 1 aliphatic rings. The lowest BCUT2D eigenvalue weighted by atomic mass is 10.1. The predicted octanol–water partition coefficient (Wildman–Crippen LogP) is 5.54. The minimum absolute atomic E-state index is 0.165. The van der Waals surface area contributed by atoms with Gasteiger partial charge in [0.05, 0.1) is 13.7 Å². The third kappa shape index (κ3) is 8.27. The number of ether oxygens (including phenoxy) is 2. The highest BCUT2D eigenvalue weighted by molar-refractivity contribution is 7.85. The lowest BCUT2D eigenvalue weighted by molar-refractivity contribution is 0.0951. The maximum Gasteiger partial charge on any atom is 0.251 e. The number of carbonyl (C=O) groups is 1. The maximum atomic E-state index is 13.2. The van der Waals surface area contributed by atoms with Crippen molar-refractivity contribution in [3.63, 3.8) is 0 Å². The molecule has 1 aromatic heterocycles. The van der Waals surface area contributed by atoms with Crippen LogP contribution in [-0.2, 0) is 30.7 Å². The Balaban J connectivity index is 1.02. The Bertz CT molecular complexity index is 1430. The van der Waals surface area contributed by atoms with Crippen LogP contribution in [0.25, 0.3) is 0 Å². The average molecular weight is 590 g/mol. The molecule has 0 bridgehead atoms. The van der Waals surface area contributed by atoms with Gasteiger partial charge in [0, 0.05) is 36.1 Å². The zero-order valence-corrected chi connectivity index (χ0v) is 24.7. The molecule has 1 amide bonds. The first-order valence-corrected chi connectivity index (χ1v) is 15.7. The van der Waals surface area contributed by atoms with Gasteiger partial charge < -0.3 is 20.1 Å². The molecule has 214 valence electrons. The van der Waals surface area contributed by atoms with Gasteiger partial charge in [-0.1, -0.05) is 48.5 Å². The number of amides is 1. The third-order valence-corrected chi connectivity index (χ3v) is 9.89. The van der Waals surface area contributed by atoms with Crippen LogP contribution in [-0.4, -0.2) is 40.7 Å². The summed E-state index contributed by atoms with van der Waals surface area (Å²) in [5, 5.41) is 6.59. The first kappa shape index (κ1) is 29.0. The SMILES string of the molecule is COc1cccc(C(=O)NCc2ccc(S(=O)N3CCC(NCc4ccc(OCc5ccccc5)cc4)CC3)s2)c1. The van der Waals surface area contributed by atoms with Gasteiger partial charge in [0.1, 0.15) is 33.3 Å². The topological polar surface area (TPSA) is 79.9 Å². The molecular weight excluding hydrogens is 555 g/mol. The minimum Gasteiger partial charge on any atom is -0.497 e. The normalized spacial score (nSPS) is 14.9. The van der Waals surface area contributed by atoms with Gasteiger partial charge in [-0.05, 0) is 66.4 Å². The van der Waals surface area contributed by atoms with E-state index in [0.29, 0.717) is 30.5 Å². The Morgan fingerprint density at radius 1 is 0.902 bits per heavy atom. The summed E-state index contributed by atoms with van der Waals surface area (Å²) in [6.45, 7) is 3.30. The Hall–Kier alpha value is -3.50. The molecule has 7 nitrogen and oxygen atoms in total. The number of hydrogen-bond acceptors (Lipinski definition) is 6. The molecule has 0 saturated carbocycles. The van der Waals surface area contributed by atoms with Gasteiger partial charge in [0.25, 0.3) is 5.91 Å². The summed E-state index contributed by atoms with van der Waals surface area (Å²) in [6.07, 6.45) is 1.89. The third-order valence-electron chi connectivity index (χ3n) is 7.02. The number of nitrogens with zero attached hydrogens (tertiary/aromatic N) is 1. The second-order valence-electron chi connectivity index (χ2n) is 9.89. The zero-order chi connectivity index (χ0) is 28.4. The van der Waals surface area contributed by atoms with Gasteiger partial charge in [0.15, 0.2) is 0 Å². The van der Waals surface area contributed by atoms with Crippen LogP contribution in [0.2, 0.25) is 0 Å². The van der Waals surface area contributed by atoms with E-state index >= 15 is 0 Å². The molecule has 9 heteroatoms. The van der Waals surface area contributed by atoms with E-state index < -0.39 is 11.0 Å². The van der Waals surface area contributed by atoms with Gasteiger partial charge in [-0.2, -0.15) is 0 Å². The lowest BCUT2D eigenvalue weighted by Crippen LogP contribution is -2.42. The molecule has 3 aromatic carbocycles. The first-order chi connectivity index (χ1) is 20.1. The first-order valence-electron chi connectivity index (χ1n) is 13.7. The standard InChI is InChI=1S/C32H35N3O4S2/c1-38-29-9-5-8-26(20-29)32(36)34-22-30-14-15-31(40-30)41(37)35-18-16-27(17-19-35)33-21-24-10-12-28(13-11-24)39-23-25-6-3-2-4-7-25/h2-15,20,27,33H,16-19,21-23H2,1H3,(H,34,36). The van der Waals surface area contributed by atoms with Crippen LogP contribution in [0, 0.1) is 0 Å². The molecular formula is C32H35N3O4S2. The summed E-state index contributed by atoms with van der Waals surface area (Å²) in [4.78, 5) is 13.5. The number of thiophene rings is 1. The van der Waals surface area contributed by atoms with Crippen molar-refractivity contribution in [1.29, 1.82) is 0 Å². The summed E-state index contributed by atoms with van der Waals surface area (Å²) in [5.41, 5.74) is 2.91. The number of carbonyl (C=O) groups excluding carboxylic acids is 1. The Morgan fingerprint density at radius 3 is 2.44 bits per heavy atom. The number of rotatable bonds is 12. The molecule has 0 spiro atoms. The number of nitrogens with one attached hydrogen (secondary N) is 2. The van der Waals surface area contributed by atoms with E-state index in [-0.39, 0.29) is 5.91 Å². The van der Waals surface area contributed by atoms with Crippen LogP contribution < -0.4 is 20.1 Å². The number of benzene rings is 3. The fourth-order valence-electron chi connectivity index (χ4n) is 4.64.